The summed E-state index contributed by atoms with van der Waals surface area (Å²) in [7, 11) is -3.38. The molecule has 3 nitrogen and oxygen atoms in total. The van der Waals surface area contributed by atoms with E-state index in [4.69, 9.17) is 9.47 Å². The molecule has 0 radical (unpaired) electrons. The lowest BCUT2D eigenvalue weighted by Gasteiger charge is -2.34. The average Bonchev–Trinajstić information content (AvgIpc) is 3.88. The lowest BCUT2D eigenvalue weighted by molar-refractivity contribution is 0.462. The number of benzene rings is 9. The van der Waals surface area contributed by atoms with Gasteiger partial charge in [-0.1, -0.05) is 127 Å². The number of hydrogen-bond acceptors (Lipinski definition) is 5. The third-order valence-electron chi connectivity index (χ3n) is 12.1. The van der Waals surface area contributed by atoms with Crippen molar-refractivity contribution in [2.75, 3.05) is 0 Å². The summed E-state index contributed by atoms with van der Waals surface area (Å²) in [6.07, 6.45) is 0. The second-order valence-corrected chi connectivity index (χ2v) is 20.2. The number of ether oxygens (including phenoxy) is 2. The van der Waals surface area contributed by atoms with Gasteiger partial charge < -0.3 is 14.0 Å². The molecule has 282 valence electrons. The largest absolute Gasteiger partial charge is 0.456 e. The van der Waals surface area contributed by atoms with Gasteiger partial charge in [-0.3, -0.25) is 0 Å². The van der Waals surface area contributed by atoms with Gasteiger partial charge in [-0.05, 0) is 105 Å². The molecule has 4 heterocycles. The van der Waals surface area contributed by atoms with Gasteiger partial charge in [0, 0.05) is 40.3 Å². The molecule has 0 amide bonds. The van der Waals surface area contributed by atoms with Gasteiger partial charge >= 0.3 is 0 Å². The van der Waals surface area contributed by atoms with E-state index in [0.29, 0.717) is 38.9 Å². The van der Waals surface area contributed by atoms with Crippen LogP contribution in [0.2, 0.25) is 0 Å². The van der Waals surface area contributed by atoms with Crippen LogP contribution >= 0.6 is 29.8 Å². The fourth-order valence-corrected chi connectivity index (χ4v) is 14.8. The van der Waals surface area contributed by atoms with Crippen molar-refractivity contribution in [2.24, 2.45) is 0 Å². The average molecular weight is 823 g/mol. The van der Waals surface area contributed by atoms with Gasteiger partial charge in [0.1, 0.15) is 28.3 Å². The van der Waals surface area contributed by atoms with Crippen molar-refractivity contribution in [2.45, 2.75) is 0 Å². The zero-order valence-electron chi connectivity index (χ0n) is 31.9. The summed E-state index contributed by atoms with van der Waals surface area (Å²) in [6, 6.07) is 65.8. The first kappa shape index (κ1) is 34.1. The van der Waals surface area contributed by atoms with Crippen molar-refractivity contribution in [1.29, 1.82) is 0 Å². The quantitative estimate of drug-likeness (QED) is 0.166. The van der Waals surface area contributed by atoms with Crippen LogP contribution in [0.5, 0.6) is 23.0 Å². The van der Waals surface area contributed by atoms with Crippen LogP contribution in [0.3, 0.4) is 0 Å². The Morgan fingerprint density at radius 3 is 1.28 bits per heavy atom. The van der Waals surface area contributed by atoms with Crippen LogP contribution in [0, 0.1) is 0 Å². The van der Waals surface area contributed by atoms with Crippen molar-refractivity contribution in [1.82, 2.24) is 0 Å². The predicted octanol–water partition coefficient (Wildman–Crippen LogP) is 14.9. The van der Waals surface area contributed by atoms with E-state index in [1.54, 1.807) is 0 Å². The zero-order chi connectivity index (χ0) is 39.5. The van der Waals surface area contributed by atoms with E-state index in [1.165, 1.54) is 51.5 Å². The predicted molar refractivity (Wildman–Crippen MR) is 254 cm³/mol. The monoisotopic (exact) mass is 822 g/mol. The van der Waals surface area contributed by atoms with Gasteiger partial charge in [-0.2, -0.15) is 0 Å². The van der Waals surface area contributed by atoms with E-state index in [-0.39, 0.29) is 0 Å². The van der Waals surface area contributed by atoms with Crippen molar-refractivity contribution >= 4 is 86.1 Å². The van der Waals surface area contributed by atoms with Crippen LogP contribution in [0.15, 0.2) is 188 Å². The molecule has 2 aliphatic rings. The van der Waals surface area contributed by atoms with E-state index >= 15 is 4.57 Å². The molecular weight excluding hydrogens is 792 g/mol. The third kappa shape index (κ3) is 4.98. The van der Waals surface area contributed by atoms with Gasteiger partial charge in [0.05, 0.1) is 10.6 Å². The number of fused-ring (bicyclic) bond motifs is 10. The highest BCUT2D eigenvalue weighted by Gasteiger charge is 2.46. The Labute approximate surface area is 353 Å². The summed E-state index contributed by atoms with van der Waals surface area (Å²) in [5.41, 5.74) is 8.88. The Kier molecular flexibility index (Phi) is 7.33. The van der Waals surface area contributed by atoms with Crippen molar-refractivity contribution in [3.05, 3.63) is 188 Å². The molecule has 0 N–H and O–H groups in total. The summed E-state index contributed by atoms with van der Waals surface area (Å²) in [5, 5.41) is 7.14. The Morgan fingerprint density at radius 1 is 0.350 bits per heavy atom. The van der Waals surface area contributed by atoms with Gasteiger partial charge in [0.25, 0.3) is 0 Å². The number of thiophene rings is 2. The summed E-state index contributed by atoms with van der Waals surface area (Å²) < 4.78 is 34.3. The minimum atomic E-state index is -3.38. The van der Waals surface area contributed by atoms with E-state index in [0.717, 1.165) is 33.4 Å². The maximum atomic E-state index is 16.0. The SMILES string of the molecule is O=P12c3ccc(-c4cccc(-c5cccc6c5sc5ccccc56)c4)cc3Oc3cccc(c31)Oc1cc(-c3cccc(-c4cccc5c4sc4ccccc45)c3)ccc12. The first-order valence-electron chi connectivity index (χ1n) is 20.0. The van der Waals surface area contributed by atoms with Gasteiger partial charge in [0.15, 0.2) is 7.14 Å². The fraction of sp³-hybridized carbons (Fsp3) is 0. The number of rotatable bonds is 4. The highest BCUT2D eigenvalue weighted by Crippen LogP contribution is 2.59. The van der Waals surface area contributed by atoms with Gasteiger partial charge in [0.2, 0.25) is 0 Å². The summed E-state index contributed by atoms with van der Waals surface area (Å²) >= 11 is 3.68. The molecule has 0 bridgehead atoms. The van der Waals surface area contributed by atoms with Gasteiger partial charge in [-0.25, -0.2) is 0 Å². The lowest BCUT2D eigenvalue weighted by Crippen LogP contribution is -2.35. The van der Waals surface area contributed by atoms with Crippen LogP contribution in [-0.4, -0.2) is 0 Å². The van der Waals surface area contributed by atoms with E-state index in [2.05, 4.69) is 158 Å². The Balaban J connectivity index is 0.890. The molecule has 0 atom stereocenters. The maximum absolute atomic E-state index is 16.0. The molecule has 0 saturated heterocycles. The van der Waals surface area contributed by atoms with E-state index < -0.39 is 7.14 Å². The van der Waals surface area contributed by atoms with Crippen LogP contribution in [0.4, 0.5) is 0 Å². The third-order valence-corrected chi connectivity index (χ3v) is 17.7. The molecule has 0 fully saturated rings. The van der Waals surface area contributed by atoms with Crippen LogP contribution in [0.1, 0.15) is 0 Å². The summed E-state index contributed by atoms with van der Waals surface area (Å²) in [5.74, 6) is 2.36. The molecule has 0 unspecified atom stereocenters. The molecular formula is C54H31O3PS2. The van der Waals surface area contributed by atoms with Crippen LogP contribution in [-0.2, 0) is 4.57 Å². The first-order chi connectivity index (χ1) is 29.6. The molecule has 0 saturated carbocycles. The first-order valence-corrected chi connectivity index (χ1v) is 23.3. The second-order valence-electron chi connectivity index (χ2n) is 15.5. The molecule has 2 aromatic heterocycles. The summed E-state index contributed by atoms with van der Waals surface area (Å²) in [6.45, 7) is 0. The highest BCUT2D eigenvalue weighted by molar-refractivity contribution is 7.86. The fourth-order valence-electron chi connectivity index (χ4n) is 9.34. The lowest BCUT2D eigenvalue weighted by atomic mass is 9.98. The highest BCUT2D eigenvalue weighted by atomic mass is 32.1. The minimum absolute atomic E-state index is 0.573. The molecule has 11 aromatic rings. The molecule has 0 spiro atoms. The number of hydrogen-bond donors (Lipinski definition) is 0. The minimum Gasteiger partial charge on any atom is -0.456 e. The van der Waals surface area contributed by atoms with Crippen LogP contribution < -0.4 is 25.4 Å². The smallest absolute Gasteiger partial charge is 0.185 e. The Bertz CT molecular complexity index is 3440. The van der Waals surface area contributed by atoms with Gasteiger partial charge in [-0.15, -0.1) is 22.7 Å². The van der Waals surface area contributed by atoms with E-state index in [1.807, 2.05) is 53.0 Å². The molecule has 6 heteroatoms. The molecule has 9 aromatic carbocycles. The summed E-state index contributed by atoms with van der Waals surface area (Å²) in [4.78, 5) is 0. The second kappa shape index (κ2) is 12.9. The van der Waals surface area contributed by atoms with Crippen molar-refractivity contribution in [3.63, 3.8) is 0 Å². The molecule has 0 aliphatic carbocycles. The normalized spacial score (nSPS) is 13.5. The van der Waals surface area contributed by atoms with E-state index in [9.17, 15) is 0 Å². The van der Waals surface area contributed by atoms with Crippen molar-refractivity contribution in [3.8, 4) is 67.5 Å². The van der Waals surface area contributed by atoms with Crippen molar-refractivity contribution < 1.29 is 14.0 Å². The zero-order valence-corrected chi connectivity index (χ0v) is 34.4. The Hall–Kier alpha value is -6.75. The topological polar surface area (TPSA) is 35.5 Å². The maximum Gasteiger partial charge on any atom is 0.185 e. The standard InChI is InChI=1S/C54H31O3PS2/c55-58-48-26-24-34(32-10-5-12-36(28-32)38-16-7-18-42-40-14-1-3-22-50(40)59-53(38)42)30-46(48)56-44-20-9-21-45(52(44)58)57-47-31-35(25-27-49(47)58)33-11-6-13-37(29-33)39-17-8-19-43-41-15-2-4-23-51(41)60-54(39)43/h1-31H. The van der Waals surface area contributed by atoms with Crippen LogP contribution in [0.25, 0.3) is 84.9 Å². The molecule has 2 aliphatic heterocycles. The molecule has 60 heavy (non-hydrogen) atoms. The molecule has 13 rings (SSSR count). The Morgan fingerprint density at radius 2 is 0.767 bits per heavy atom.